The molecule has 0 atom stereocenters. The summed E-state index contributed by atoms with van der Waals surface area (Å²) in [6.07, 6.45) is 0.872. The van der Waals surface area contributed by atoms with Gasteiger partial charge in [-0.25, -0.2) is 0 Å². The molecule has 112 valence electrons. The maximum atomic E-state index is 5.80. The zero-order valence-electron chi connectivity index (χ0n) is 12.4. The van der Waals surface area contributed by atoms with Gasteiger partial charge < -0.3 is 10.1 Å². The number of hydrogen-bond acceptors (Lipinski definition) is 2. The number of benzene rings is 1. The van der Waals surface area contributed by atoms with Crippen LogP contribution >= 0.6 is 31.9 Å². The lowest BCUT2D eigenvalue weighted by Crippen LogP contribution is -2.19. The largest absolute Gasteiger partial charge is 0.491 e. The Labute approximate surface area is 139 Å². The lowest BCUT2D eigenvalue weighted by molar-refractivity contribution is 0.317. The molecular formula is C16H23Br2NO. The zero-order valence-corrected chi connectivity index (χ0v) is 15.6. The number of ether oxygens (including phenoxy) is 1. The summed E-state index contributed by atoms with van der Waals surface area (Å²) in [5, 5.41) is 3.44. The summed E-state index contributed by atoms with van der Waals surface area (Å²) in [7, 11) is 0. The highest BCUT2D eigenvalue weighted by atomic mass is 79.9. The third-order valence-corrected chi connectivity index (χ3v) is 3.89. The van der Waals surface area contributed by atoms with Crippen LogP contribution in [-0.2, 0) is 6.54 Å². The van der Waals surface area contributed by atoms with E-state index >= 15 is 0 Å². The highest BCUT2D eigenvalue weighted by molar-refractivity contribution is 9.11. The first-order valence-corrected chi connectivity index (χ1v) is 8.44. The van der Waals surface area contributed by atoms with Gasteiger partial charge in [0.25, 0.3) is 0 Å². The molecule has 0 heterocycles. The average Bonchev–Trinajstić information content (AvgIpc) is 2.32. The molecule has 0 bridgehead atoms. The Balaban J connectivity index is 2.63. The lowest BCUT2D eigenvalue weighted by Gasteiger charge is -2.13. The van der Waals surface area contributed by atoms with Crippen molar-refractivity contribution in [3.63, 3.8) is 0 Å². The van der Waals surface area contributed by atoms with Crippen molar-refractivity contribution in [3.8, 4) is 5.75 Å². The van der Waals surface area contributed by atoms with Crippen molar-refractivity contribution < 1.29 is 4.74 Å². The molecule has 0 amide bonds. The topological polar surface area (TPSA) is 21.3 Å². The second kappa shape index (κ2) is 8.85. The Hall–Kier alpha value is -0.320. The first-order chi connectivity index (χ1) is 9.40. The Kier molecular flexibility index (Phi) is 7.85. The number of halogens is 2. The van der Waals surface area contributed by atoms with Gasteiger partial charge in [0.2, 0.25) is 0 Å². The Morgan fingerprint density at radius 2 is 1.90 bits per heavy atom. The molecule has 1 rings (SSSR count). The molecule has 0 unspecified atom stereocenters. The second-order valence-electron chi connectivity index (χ2n) is 5.47. The Morgan fingerprint density at radius 3 is 2.40 bits per heavy atom. The van der Waals surface area contributed by atoms with Crippen molar-refractivity contribution in [1.29, 1.82) is 0 Å². The van der Waals surface area contributed by atoms with Gasteiger partial charge in [-0.15, -0.1) is 6.58 Å². The molecule has 2 nitrogen and oxygen atoms in total. The molecule has 20 heavy (non-hydrogen) atoms. The molecule has 1 aromatic rings. The van der Waals surface area contributed by atoms with E-state index in [-0.39, 0.29) is 0 Å². The van der Waals surface area contributed by atoms with Crippen molar-refractivity contribution in [2.24, 2.45) is 5.92 Å². The molecule has 0 saturated heterocycles. The van der Waals surface area contributed by atoms with Crippen molar-refractivity contribution >= 4 is 31.9 Å². The van der Waals surface area contributed by atoms with E-state index in [9.17, 15) is 0 Å². The standard InChI is InChI=1S/C16H23Br2NO/c1-11(2)5-6-20-16-14(17)7-13(8-15(16)18)10-19-9-12(3)4/h7-8,12,19H,1,5-6,9-10H2,2-4H3. The zero-order chi connectivity index (χ0) is 15.1. The predicted octanol–water partition coefficient (Wildman–Crippen LogP) is 5.30. The molecule has 1 aromatic carbocycles. The summed E-state index contributed by atoms with van der Waals surface area (Å²) in [5.41, 5.74) is 2.36. The molecule has 0 saturated carbocycles. The van der Waals surface area contributed by atoms with Crippen LogP contribution in [0.5, 0.6) is 5.75 Å². The summed E-state index contributed by atoms with van der Waals surface area (Å²) < 4.78 is 7.76. The summed E-state index contributed by atoms with van der Waals surface area (Å²) in [6, 6.07) is 4.21. The molecule has 0 aliphatic carbocycles. The highest BCUT2D eigenvalue weighted by Crippen LogP contribution is 2.35. The van der Waals surface area contributed by atoms with Gasteiger partial charge in [-0.05, 0) is 68.9 Å². The van der Waals surface area contributed by atoms with E-state index in [1.807, 2.05) is 6.92 Å². The van der Waals surface area contributed by atoms with Gasteiger partial charge in [0.1, 0.15) is 5.75 Å². The maximum Gasteiger partial charge on any atom is 0.147 e. The van der Waals surface area contributed by atoms with Crippen LogP contribution in [0, 0.1) is 5.92 Å². The molecule has 1 N–H and O–H groups in total. The normalized spacial score (nSPS) is 10.9. The van der Waals surface area contributed by atoms with Crippen molar-refractivity contribution in [2.75, 3.05) is 13.2 Å². The van der Waals surface area contributed by atoms with E-state index in [1.165, 1.54) is 5.56 Å². The molecule has 0 radical (unpaired) electrons. The average molecular weight is 405 g/mol. The number of hydrogen-bond donors (Lipinski definition) is 1. The summed E-state index contributed by atoms with van der Waals surface area (Å²) >= 11 is 7.16. The molecule has 0 aliphatic rings. The fourth-order valence-electron chi connectivity index (χ4n) is 1.68. The van der Waals surface area contributed by atoms with Gasteiger partial charge in [-0.1, -0.05) is 19.4 Å². The van der Waals surface area contributed by atoms with Crippen molar-refractivity contribution in [3.05, 3.63) is 38.8 Å². The van der Waals surface area contributed by atoms with Gasteiger partial charge in [0.15, 0.2) is 0 Å². The molecule has 0 fully saturated rings. The van der Waals surface area contributed by atoms with Crippen LogP contribution in [0.2, 0.25) is 0 Å². The second-order valence-corrected chi connectivity index (χ2v) is 7.18. The quantitative estimate of drug-likeness (QED) is 0.593. The fourth-order valence-corrected chi connectivity index (χ4v) is 3.20. The molecular weight excluding hydrogens is 382 g/mol. The first-order valence-electron chi connectivity index (χ1n) is 6.86. The van der Waals surface area contributed by atoms with Crippen LogP contribution in [0.1, 0.15) is 32.8 Å². The maximum absolute atomic E-state index is 5.80. The summed E-state index contributed by atoms with van der Waals surface area (Å²) in [4.78, 5) is 0. The summed E-state index contributed by atoms with van der Waals surface area (Å²) in [6.45, 7) is 12.8. The first kappa shape index (κ1) is 17.7. The van der Waals surface area contributed by atoms with Crippen LogP contribution in [0.25, 0.3) is 0 Å². The van der Waals surface area contributed by atoms with Crippen molar-refractivity contribution in [1.82, 2.24) is 5.32 Å². The minimum atomic E-state index is 0.650. The molecule has 4 heteroatoms. The monoisotopic (exact) mass is 403 g/mol. The minimum absolute atomic E-state index is 0.650. The van der Waals surface area contributed by atoms with Crippen LogP contribution < -0.4 is 10.1 Å². The van der Waals surface area contributed by atoms with E-state index in [1.54, 1.807) is 0 Å². The Morgan fingerprint density at radius 1 is 1.30 bits per heavy atom. The Bertz CT molecular complexity index is 435. The van der Waals surface area contributed by atoms with Gasteiger partial charge >= 0.3 is 0 Å². The van der Waals surface area contributed by atoms with E-state index < -0.39 is 0 Å². The van der Waals surface area contributed by atoms with Crippen LogP contribution in [0.15, 0.2) is 33.2 Å². The van der Waals surface area contributed by atoms with Gasteiger partial charge in [0.05, 0.1) is 15.6 Å². The fraction of sp³-hybridized carbons (Fsp3) is 0.500. The van der Waals surface area contributed by atoms with Crippen LogP contribution in [0.4, 0.5) is 0 Å². The lowest BCUT2D eigenvalue weighted by atomic mass is 10.2. The SMILES string of the molecule is C=C(C)CCOc1c(Br)cc(CNCC(C)C)cc1Br. The van der Waals surface area contributed by atoms with Gasteiger partial charge in [-0.2, -0.15) is 0 Å². The van der Waals surface area contributed by atoms with Gasteiger partial charge in [-0.3, -0.25) is 0 Å². The van der Waals surface area contributed by atoms with Crippen molar-refractivity contribution in [2.45, 2.75) is 33.7 Å². The predicted molar refractivity (Wildman–Crippen MR) is 93.3 cm³/mol. The third-order valence-electron chi connectivity index (χ3n) is 2.72. The molecule has 0 aromatic heterocycles. The van der Waals surface area contributed by atoms with Crippen LogP contribution in [-0.4, -0.2) is 13.2 Å². The van der Waals surface area contributed by atoms with E-state index in [0.29, 0.717) is 12.5 Å². The van der Waals surface area contributed by atoms with Gasteiger partial charge in [0, 0.05) is 13.0 Å². The number of rotatable bonds is 8. The smallest absolute Gasteiger partial charge is 0.147 e. The van der Waals surface area contributed by atoms with E-state index in [4.69, 9.17) is 4.74 Å². The minimum Gasteiger partial charge on any atom is -0.491 e. The molecule has 0 spiro atoms. The third kappa shape index (κ3) is 6.42. The molecule has 0 aliphatic heterocycles. The van der Waals surface area contributed by atoms with E-state index in [0.717, 1.165) is 39.8 Å². The highest BCUT2D eigenvalue weighted by Gasteiger charge is 2.09. The summed E-state index contributed by atoms with van der Waals surface area (Å²) in [5.74, 6) is 1.52. The van der Waals surface area contributed by atoms with E-state index in [2.05, 4.69) is 69.7 Å². The van der Waals surface area contributed by atoms with Crippen LogP contribution in [0.3, 0.4) is 0 Å². The number of nitrogens with one attached hydrogen (secondary N) is 1.